The van der Waals surface area contributed by atoms with E-state index in [1.54, 1.807) is 0 Å². The van der Waals surface area contributed by atoms with E-state index in [2.05, 4.69) is 5.32 Å². The lowest BCUT2D eigenvalue weighted by Gasteiger charge is -2.48. The molecule has 1 aliphatic carbocycles. The third-order valence-corrected chi connectivity index (χ3v) is 7.39. The number of rotatable bonds is 10. The summed E-state index contributed by atoms with van der Waals surface area (Å²) in [7, 11) is -4.67. The first kappa shape index (κ1) is 38.9. The molecule has 0 spiro atoms. The second-order valence-electron chi connectivity index (χ2n) is 10.8. The molecule has 2 saturated heterocycles. The number of ether oxygens (including phenoxy) is 4. The standard InChI is InChI=1S/C22H43N5O12.H2O4S/c1-6(28)17-15(33)14(32)11(26)21(37-17)38-18-7(25)4-8(27-20(35)9(29)2-3-23)12(30)19(18)39-22-16(34)13(31)10(5-24)36-22;1-5(2,3)4/h6-19,21-22,28-34H,2-5,23-26H2,1H3,(H,27,35);(H2,1,2,3,4)/t6-,7+,8-,9+,10-,11-,12+,13-,14-,15+,16-,17-,18-,19-,21-,22+;/m1./s1. The fourth-order valence-electron chi connectivity index (χ4n) is 5.04. The van der Waals surface area contributed by atoms with Crippen LogP contribution in [0.2, 0.25) is 0 Å². The van der Waals surface area contributed by atoms with Gasteiger partial charge < -0.3 is 82.9 Å². The van der Waals surface area contributed by atoms with Crippen LogP contribution in [0.3, 0.4) is 0 Å². The predicted molar refractivity (Wildman–Crippen MR) is 144 cm³/mol. The molecule has 260 valence electrons. The van der Waals surface area contributed by atoms with Gasteiger partial charge in [-0.25, -0.2) is 0 Å². The van der Waals surface area contributed by atoms with E-state index in [0.717, 1.165) is 0 Å². The fraction of sp³-hybridized carbons (Fsp3) is 0.955. The minimum absolute atomic E-state index is 0.0254. The number of carbonyl (C=O) groups is 1. The van der Waals surface area contributed by atoms with Crippen LogP contribution in [0, 0.1) is 0 Å². The highest BCUT2D eigenvalue weighted by atomic mass is 32.3. The highest BCUT2D eigenvalue weighted by Gasteiger charge is 2.53. The average molecular weight is 668 g/mol. The summed E-state index contributed by atoms with van der Waals surface area (Å²) >= 11 is 0. The molecule has 18 N–H and O–H groups in total. The van der Waals surface area contributed by atoms with Crippen LogP contribution in [0.1, 0.15) is 19.8 Å². The maximum atomic E-state index is 12.4. The van der Waals surface area contributed by atoms with E-state index < -0.39 is 114 Å². The van der Waals surface area contributed by atoms with Gasteiger partial charge in [0, 0.05) is 12.6 Å². The number of aliphatic hydroxyl groups excluding tert-OH is 7. The normalized spacial score (nSPS) is 42.6. The molecule has 16 atom stereocenters. The van der Waals surface area contributed by atoms with Gasteiger partial charge in [0.1, 0.15) is 61.0 Å². The Kier molecular flexibility index (Phi) is 14.6. The van der Waals surface area contributed by atoms with Crippen LogP contribution in [-0.2, 0) is 34.1 Å². The van der Waals surface area contributed by atoms with Crippen molar-refractivity contribution in [3.8, 4) is 0 Å². The Morgan fingerprint density at radius 3 is 1.98 bits per heavy atom. The highest BCUT2D eigenvalue weighted by molar-refractivity contribution is 7.79. The smallest absolute Gasteiger partial charge is 0.391 e. The fourth-order valence-corrected chi connectivity index (χ4v) is 5.04. The SMILES string of the molecule is C[C@@H](O)[C@H]1O[C@H](O[C@H]2[C@H](O[C@@H]3O[C@H](CN)[C@@H](O)[C@H]3O)[C@@H](O)[C@H](NC(=O)[C@@H](O)CCN)C[C@@H]2N)[C@H](N)[C@@H](O)[C@@H]1O.O=S(=O)(O)O. The van der Waals surface area contributed by atoms with Gasteiger partial charge in [0.25, 0.3) is 0 Å². The summed E-state index contributed by atoms with van der Waals surface area (Å²) in [6, 6.07) is -3.35. The van der Waals surface area contributed by atoms with Crippen LogP contribution in [0.15, 0.2) is 0 Å². The van der Waals surface area contributed by atoms with E-state index in [4.69, 9.17) is 59.4 Å². The molecular weight excluding hydrogens is 622 g/mol. The van der Waals surface area contributed by atoms with Crippen molar-refractivity contribution in [2.24, 2.45) is 22.9 Å². The highest BCUT2D eigenvalue weighted by Crippen LogP contribution is 2.33. The molecule has 0 aromatic rings. The zero-order valence-electron chi connectivity index (χ0n) is 23.7. The van der Waals surface area contributed by atoms with Crippen molar-refractivity contribution in [3.05, 3.63) is 0 Å². The van der Waals surface area contributed by atoms with Gasteiger partial charge in [-0.15, -0.1) is 0 Å². The number of carbonyl (C=O) groups excluding carboxylic acids is 1. The number of hydrogen-bond donors (Lipinski definition) is 14. The summed E-state index contributed by atoms with van der Waals surface area (Å²) in [4.78, 5) is 12.4. The van der Waals surface area contributed by atoms with Crippen LogP contribution < -0.4 is 28.3 Å². The van der Waals surface area contributed by atoms with Gasteiger partial charge in [0.2, 0.25) is 5.91 Å². The molecule has 0 unspecified atom stereocenters. The van der Waals surface area contributed by atoms with Crippen LogP contribution >= 0.6 is 0 Å². The van der Waals surface area contributed by atoms with Gasteiger partial charge in [-0.05, 0) is 26.3 Å². The molecule has 0 bridgehead atoms. The largest absolute Gasteiger partial charge is 0.394 e. The van der Waals surface area contributed by atoms with Crippen LogP contribution in [-0.4, -0.2) is 170 Å². The monoisotopic (exact) mass is 667 g/mol. The van der Waals surface area contributed by atoms with Gasteiger partial charge in [-0.3, -0.25) is 13.9 Å². The van der Waals surface area contributed by atoms with Gasteiger partial charge >= 0.3 is 10.4 Å². The minimum Gasteiger partial charge on any atom is -0.391 e. The van der Waals surface area contributed by atoms with Crippen molar-refractivity contribution >= 4 is 16.3 Å². The van der Waals surface area contributed by atoms with E-state index >= 15 is 0 Å². The van der Waals surface area contributed by atoms with E-state index in [-0.39, 0.29) is 25.9 Å². The molecule has 21 nitrogen and oxygen atoms in total. The second-order valence-corrected chi connectivity index (χ2v) is 11.7. The summed E-state index contributed by atoms with van der Waals surface area (Å²) in [5.41, 5.74) is 23.3. The van der Waals surface area contributed by atoms with Gasteiger partial charge in [0.15, 0.2) is 12.6 Å². The van der Waals surface area contributed by atoms with Crippen molar-refractivity contribution in [3.63, 3.8) is 0 Å². The second kappa shape index (κ2) is 16.5. The van der Waals surface area contributed by atoms with Crippen LogP contribution in [0.4, 0.5) is 0 Å². The maximum Gasteiger partial charge on any atom is 0.394 e. The van der Waals surface area contributed by atoms with Crippen molar-refractivity contribution in [2.45, 2.75) is 118 Å². The van der Waals surface area contributed by atoms with E-state index in [0.29, 0.717) is 0 Å². The average Bonchev–Trinajstić information content (AvgIpc) is 3.19. The Balaban J connectivity index is 0.00000125. The first-order valence-corrected chi connectivity index (χ1v) is 15.0. The maximum absolute atomic E-state index is 12.4. The first-order chi connectivity index (χ1) is 20.3. The molecule has 22 heteroatoms. The van der Waals surface area contributed by atoms with E-state index in [1.165, 1.54) is 6.92 Å². The molecule has 0 aromatic carbocycles. The van der Waals surface area contributed by atoms with Gasteiger partial charge in [-0.2, -0.15) is 8.42 Å². The van der Waals surface area contributed by atoms with E-state index in [9.17, 15) is 40.5 Å². The summed E-state index contributed by atoms with van der Waals surface area (Å²) in [5, 5.41) is 75.0. The molecule has 3 rings (SSSR count). The molecule has 1 saturated carbocycles. The Hall–Kier alpha value is -1.26. The Morgan fingerprint density at radius 1 is 0.909 bits per heavy atom. The molecule has 3 aliphatic rings. The zero-order chi connectivity index (χ0) is 33.7. The minimum atomic E-state index is -4.67. The molecule has 3 fully saturated rings. The Morgan fingerprint density at radius 2 is 1.48 bits per heavy atom. The molecule has 2 aliphatic heterocycles. The third-order valence-electron chi connectivity index (χ3n) is 7.39. The Bertz CT molecular complexity index is 1010. The molecular formula is C22H45N5O16S. The molecule has 0 radical (unpaired) electrons. The van der Waals surface area contributed by atoms with Crippen LogP contribution in [0.25, 0.3) is 0 Å². The number of hydrogen-bond acceptors (Lipinski definition) is 18. The zero-order valence-corrected chi connectivity index (χ0v) is 24.5. The Labute approximate surface area is 252 Å². The molecule has 2 heterocycles. The van der Waals surface area contributed by atoms with Crippen molar-refractivity contribution in [1.82, 2.24) is 5.32 Å². The lowest BCUT2D eigenvalue weighted by Crippen LogP contribution is -2.69. The number of amides is 1. The summed E-state index contributed by atoms with van der Waals surface area (Å²) < 4.78 is 54.5. The van der Waals surface area contributed by atoms with Crippen molar-refractivity contribution in [1.29, 1.82) is 0 Å². The first-order valence-electron chi connectivity index (χ1n) is 13.6. The summed E-state index contributed by atoms with van der Waals surface area (Å²) in [5.74, 6) is -0.805. The van der Waals surface area contributed by atoms with E-state index in [1.807, 2.05) is 0 Å². The molecule has 1 amide bonds. The lowest BCUT2D eigenvalue weighted by molar-refractivity contribution is -0.315. The summed E-state index contributed by atoms with van der Waals surface area (Å²) in [6.07, 6.45) is -18.2. The quantitative estimate of drug-likeness (QED) is 0.0961. The predicted octanol–water partition coefficient (Wildman–Crippen LogP) is -8.05. The number of nitrogens with two attached hydrogens (primary N) is 4. The van der Waals surface area contributed by atoms with Gasteiger partial charge in [0.05, 0.1) is 18.2 Å². The van der Waals surface area contributed by atoms with Crippen molar-refractivity contribution < 1.29 is 77.0 Å². The third kappa shape index (κ3) is 10.1. The summed E-state index contributed by atoms with van der Waals surface area (Å²) in [6.45, 7) is 1.23. The number of nitrogens with one attached hydrogen (secondary N) is 1. The topological polar surface area (TPSA) is 386 Å². The molecule has 0 aromatic heterocycles. The van der Waals surface area contributed by atoms with Crippen molar-refractivity contribution in [2.75, 3.05) is 13.1 Å². The number of aliphatic hydroxyl groups is 7. The van der Waals surface area contributed by atoms with Crippen LogP contribution in [0.5, 0.6) is 0 Å². The lowest BCUT2D eigenvalue weighted by atomic mass is 9.83. The van der Waals surface area contributed by atoms with Gasteiger partial charge in [-0.1, -0.05) is 0 Å². The molecule has 44 heavy (non-hydrogen) atoms.